The molecule has 0 spiro atoms. The van der Waals surface area contributed by atoms with Gasteiger partial charge in [0.25, 0.3) is 5.91 Å². The van der Waals surface area contributed by atoms with Crippen LogP contribution >= 0.6 is 11.6 Å². The second kappa shape index (κ2) is 8.31. The molecule has 0 radical (unpaired) electrons. The van der Waals surface area contributed by atoms with Crippen molar-refractivity contribution in [2.75, 3.05) is 6.54 Å². The largest absolute Gasteiger partial charge is 0.350 e. The molecule has 4 N–H and O–H groups in total. The van der Waals surface area contributed by atoms with Gasteiger partial charge in [0.05, 0.1) is 11.4 Å². The lowest BCUT2D eigenvalue weighted by Crippen LogP contribution is -2.36. The van der Waals surface area contributed by atoms with E-state index in [2.05, 4.69) is 10.6 Å². The van der Waals surface area contributed by atoms with Crippen LogP contribution in [0.15, 0.2) is 47.4 Å². The maximum absolute atomic E-state index is 12.1. The third-order valence-electron chi connectivity index (χ3n) is 3.66. The van der Waals surface area contributed by atoms with Gasteiger partial charge in [-0.2, -0.15) is 0 Å². The van der Waals surface area contributed by atoms with Crippen molar-refractivity contribution in [2.24, 2.45) is 5.14 Å². The highest BCUT2D eigenvalue weighted by molar-refractivity contribution is 7.89. The van der Waals surface area contributed by atoms with Gasteiger partial charge in [0.2, 0.25) is 15.9 Å². The average Bonchev–Trinajstić information content (AvgIpc) is 2.59. The molecule has 0 fully saturated rings. The van der Waals surface area contributed by atoms with E-state index in [0.717, 1.165) is 0 Å². The second-order valence-electron chi connectivity index (χ2n) is 5.56. The summed E-state index contributed by atoms with van der Waals surface area (Å²) in [7, 11) is -3.75. The summed E-state index contributed by atoms with van der Waals surface area (Å²) < 4.78 is 22.4. The normalized spacial score (nSPS) is 11.0. The summed E-state index contributed by atoms with van der Waals surface area (Å²) >= 11 is 5.97. The molecule has 2 aromatic carbocycles. The van der Waals surface area contributed by atoms with Gasteiger partial charge in [-0.15, -0.1) is 0 Å². The molecule has 0 saturated carbocycles. The number of carbonyl (C=O) groups excluding carboxylic acids is 2. The number of amides is 2. The Bertz CT molecular complexity index is 928. The number of hydrogen-bond acceptors (Lipinski definition) is 4. The molecule has 26 heavy (non-hydrogen) atoms. The monoisotopic (exact) mass is 395 g/mol. The molecule has 2 aromatic rings. The van der Waals surface area contributed by atoms with Crippen molar-refractivity contribution in [2.45, 2.75) is 18.4 Å². The van der Waals surface area contributed by atoms with Gasteiger partial charge in [-0.05, 0) is 42.3 Å². The zero-order valence-electron chi connectivity index (χ0n) is 14.0. The summed E-state index contributed by atoms with van der Waals surface area (Å²) in [5.74, 6) is -0.772. The fourth-order valence-electron chi connectivity index (χ4n) is 2.17. The van der Waals surface area contributed by atoms with Crippen molar-refractivity contribution >= 4 is 33.4 Å². The van der Waals surface area contributed by atoms with Crippen LogP contribution in [0.25, 0.3) is 0 Å². The highest BCUT2D eigenvalue weighted by Gasteiger charge is 2.12. The van der Waals surface area contributed by atoms with Gasteiger partial charge in [-0.1, -0.05) is 29.8 Å². The van der Waals surface area contributed by atoms with Gasteiger partial charge in [-0.3, -0.25) is 9.59 Å². The molecule has 0 aliphatic heterocycles. The fourth-order valence-corrected chi connectivity index (χ4v) is 2.86. The van der Waals surface area contributed by atoms with Crippen LogP contribution in [0.4, 0.5) is 0 Å². The van der Waals surface area contributed by atoms with Crippen LogP contribution < -0.4 is 15.8 Å². The predicted molar refractivity (Wildman–Crippen MR) is 98.2 cm³/mol. The summed E-state index contributed by atoms with van der Waals surface area (Å²) in [6, 6.07) is 10.8. The number of halogens is 1. The number of sulfonamides is 1. The molecule has 0 aliphatic carbocycles. The van der Waals surface area contributed by atoms with E-state index in [4.69, 9.17) is 16.7 Å². The SMILES string of the molecule is Cc1c(Cl)cccc1C(=O)NCC(=O)NCc1ccc(S(N)(=O)=O)cc1. The molecular weight excluding hydrogens is 378 g/mol. The van der Waals surface area contributed by atoms with E-state index in [-0.39, 0.29) is 23.9 Å². The topological polar surface area (TPSA) is 118 Å². The van der Waals surface area contributed by atoms with Gasteiger partial charge in [-0.25, -0.2) is 13.6 Å². The first-order chi connectivity index (χ1) is 12.2. The molecule has 9 heteroatoms. The van der Waals surface area contributed by atoms with Crippen molar-refractivity contribution in [3.05, 3.63) is 64.2 Å². The standard InChI is InChI=1S/C17H18ClN3O4S/c1-11-14(3-2-4-15(11)18)17(23)21-10-16(22)20-9-12-5-7-13(8-6-12)26(19,24)25/h2-8H,9-10H2,1H3,(H,20,22)(H,21,23)(H2,19,24,25). The zero-order valence-corrected chi connectivity index (χ0v) is 15.5. The third kappa shape index (κ3) is 5.29. The molecule has 7 nitrogen and oxygen atoms in total. The van der Waals surface area contributed by atoms with E-state index in [1.807, 2.05) is 0 Å². The van der Waals surface area contributed by atoms with E-state index in [1.54, 1.807) is 37.3 Å². The maximum atomic E-state index is 12.1. The number of primary sulfonamides is 1. The number of rotatable bonds is 6. The van der Waals surface area contributed by atoms with E-state index in [0.29, 0.717) is 21.7 Å². The Morgan fingerprint density at radius 3 is 2.35 bits per heavy atom. The number of benzene rings is 2. The van der Waals surface area contributed by atoms with E-state index in [9.17, 15) is 18.0 Å². The maximum Gasteiger partial charge on any atom is 0.252 e. The number of nitrogens with two attached hydrogens (primary N) is 1. The minimum Gasteiger partial charge on any atom is -0.350 e. The molecule has 2 amide bonds. The molecule has 0 unspecified atom stereocenters. The van der Waals surface area contributed by atoms with Gasteiger partial charge < -0.3 is 10.6 Å². The quantitative estimate of drug-likeness (QED) is 0.683. The third-order valence-corrected chi connectivity index (χ3v) is 5.00. The minimum absolute atomic E-state index is 0.00303. The average molecular weight is 396 g/mol. The Morgan fingerprint density at radius 2 is 1.73 bits per heavy atom. The molecule has 138 valence electrons. The Morgan fingerprint density at radius 1 is 1.08 bits per heavy atom. The summed E-state index contributed by atoms with van der Waals surface area (Å²) in [6.07, 6.45) is 0. The first-order valence-corrected chi connectivity index (χ1v) is 9.52. The number of nitrogens with one attached hydrogen (secondary N) is 2. The second-order valence-corrected chi connectivity index (χ2v) is 7.53. The highest BCUT2D eigenvalue weighted by Crippen LogP contribution is 2.18. The van der Waals surface area contributed by atoms with Gasteiger partial charge in [0, 0.05) is 17.1 Å². The van der Waals surface area contributed by atoms with Crippen molar-refractivity contribution < 1.29 is 18.0 Å². The highest BCUT2D eigenvalue weighted by atomic mass is 35.5. The number of hydrogen-bond donors (Lipinski definition) is 3. The lowest BCUT2D eigenvalue weighted by Gasteiger charge is -2.09. The Balaban J connectivity index is 1.85. The van der Waals surface area contributed by atoms with Gasteiger partial charge >= 0.3 is 0 Å². The van der Waals surface area contributed by atoms with E-state index >= 15 is 0 Å². The smallest absolute Gasteiger partial charge is 0.252 e. The Hall–Kier alpha value is -2.42. The van der Waals surface area contributed by atoms with E-state index < -0.39 is 15.9 Å². The summed E-state index contributed by atoms with van der Waals surface area (Å²) in [5, 5.41) is 10.7. The predicted octanol–water partition coefficient (Wildman–Crippen LogP) is 1.34. The number of carbonyl (C=O) groups is 2. The molecular formula is C17H18ClN3O4S. The lowest BCUT2D eigenvalue weighted by atomic mass is 10.1. The first-order valence-electron chi connectivity index (χ1n) is 7.60. The van der Waals surface area contributed by atoms with Crippen molar-refractivity contribution in [1.82, 2.24) is 10.6 Å². The van der Waals surface area contributed by atoms with Crippen LogP contribution in [-0.2, 0) is 21.4 Å². The Labute approximate surface area is 156 Å². The summed E-state index contributed by atoms with van der Waals surface area (Å²) in [6.45, 7) is 1.72. The Kier molecular flexibility index (Phi) is 6.36. The van der Waals surface area contributed by atoms with Gasteiger partial charge in [0.1, 0.15) is 0 Å². The fraction of sp³-hybridized carbons (Fsp3) is 0.176. The summed E-state index contributed by atoms with van der Waals surface area (Å²) in [4.78, 5) is 24.0. The molecule has 0 atom stereocenters. The van der Waals surface area contributed by atoms with Crippen molar-refractivity contribution in [3.8, 4) is 0 Å². The van der Waals surface area contributed by atoms with Crippen LogP contribution in [0.5, 0.6) is 0 Å². The lowest BCUT2D eigenvalue weighted by molar-refractivity contribution is -0.120. The molecule has 0 aliphatic rings. The van der Waals surface area contributed by atoms with Crippen LogP contribution in [0, 0.1) is 6.92 Å². The zero-order chi connectivity index (χ0) is 19.3. The van der Waals surface area contributed by atoms with Crippen LogP contribution in [0.2, 0.25) is 5.02 Å². The van der Waals surface area contributed by atoms with Gasteiger partial charge in [0.15, 0.2) is 0 Å². The minimum atomic E-state index is -3.75. The van der Waals surface area contributed by atoms with Crippen LogP contribution in [0.3, 0.4) is 0 Å². The van der Waals surface area contributed by atoms with Crippen molar-refractivity contribution in [3.63, 3.8) is 0 Å². The molecule has 0 bridgehead atoms. The molecule has 0 saturated heterocycles. The first kappa shape index (κ1) is 19.9. The molecule has 0 aromatic heterocycles. The molecule has 2 rings (SSSR count). The van der Waals surface area contributed by atoms with Crippen LogP contribution in [0.1, 0.15) is 21.5 Å². The van der Waals surface area contributed by atoms with Crippen LogP contribution in [-0.4, -0.2) is 26.8 Å². The summed E-state index contributed by atoms with van der Waals surface area (Å²) in [5.41, 5.74) is 1.74. The van der Waals surface area contributed by atoms with E-state index in [1.165, 1.54) is 12.1 Å². The van der Waals surface area contributed by atoms with Crippen molar-refractivity contribution in [1.29, 1.82) is 0 Å². The molecule has 0 heterocycles.